The molecule has 0 aromatic carbocycles. The lowest BCUT2D eigenvalue weighted by molar-refractivity contribution is -0.141. The third kappa shape index (κ3) is 5.17. The van der Waals surface area contributed by atoms with Crippen LogP contribution in [-0.4, -0.2) is 28.6 Å². The van der Waals surface area contributed by atoms with Crippen LogP contribution in [0.25, 0.3) is 0 Å². The molecule has 0 unspecified atom stereocenters. The second kappa shape index (κ2) is 5.49. The highest BCUT2D eigenvalue weighted by atomic mass is 16.4. The van der Waals surface area contributed by atoms with Crippen molar-refractivity contribution in [3.63, 3.8) is 0 Å². The molecule has 1 fully saturated rings. The summed E-state index contributed by atoms with van der Waals surface area (Å²) in [5.41, 5.74) is 5.46. The first-order chi connectivity index (χ1) is 7.78. The first-order valence-electron chi connectivity index (χ1n) is 6.09. The standard InChI is InChI=1S/C12H22N2O3/c1-12(2,13)6-5-10(15)14-9-4-3-8(7-9)11(16)17/h8-9H,3-7,13H2,1-2H3,(H,14,15)(H,16,17)/t8-,9+/m1/s1. The van der Waals surface area contributed by atoms with Crippen LogP contribution in [0.15, 0.2) is 0 Å². The highest BCUT2D eigenvalue weighted by Gasteiger charge is 2.30. The average Bonchev–Trinajstić information content (AvgIpc) is 2.62. The maximum absolute atomic E-state index is 11.6. The van der Waals surface area contributed by atoms with Gasteiger partial charge in [0.15, 0.2) is 0 Å². The summed E-state index contributed by atoms with van der Waals surface area (Å²) in [5, 5.41) is 11.7. The summed E-state index contributed by atoms with van der Waals surface area (Å²) in [7, 11) is 0. The Balaban J connectivity index is 2.26. The molecule has 0 spiro atoms. The Bertz CT molecular complexity index is 297. The number of hydrogen-bond acceptors (Lipinski definition) is 3. The van der Waals surface area contributed by atoms with Gasteiger partial charge in [0.25, 0.3) is 0 Å². The molecule has 0 radical (unpaired) electrons. The third-order valence-corrected chi connectivity index (χ3v) is 3.14. The zero-order chi connectivity index (χ0) is 13.1. The van der Waals surface area contributed by atoms with Crippen LogP contribution in [0.4, 0.5) is 0 Å². The molecule has 0 bridgehead atoms. The lowest BCUT2D eigenvalue weighted by Crippen LogP contribution is -2.37. The van der Waals surface area contributed by atoms with Gasteiger partial charge in [-0.05, 0) is 39.5 Å². The lowest BCUT2D eigenvalue weighted by atomic mass is 10.00. The molecule has 0 aromatic heterocycles. The molecular formula is C12H22N2O3. The molecule has 1 aliphatic rings. The van der Waals surface area contributed by atoms with Crippen molar-refractivity contribution >= 4 is 11.9 Å². The molecule has 0 aliphatic heterocycles. The number of carbonyl (C=O) groups is 2. The highest BCUT2D eigenvalue weighted by Crippen LogP contribution is 2.25. The molecule has 1 aliphatic carbocycles. The van der Waals surface area contributed by atoms with E-state index in [1.807, 2.05) is 13.8 Å². The number of amides is 1. The van der Waals surface area contributed by atoms with Crippen molar-refractivity contribution in [1.82, 2.24) is 5.32 Å². The van der Waals surface area contributed by atoms with E-state index in [0.29, 0.717) is 25.7 Å². The monoisotopic (exact) mass is 242 g/mol. The van der Waals surface area contributed by atoms with Crippen molar-refractivity contribution in [2.24, 2.45) is 11.7 Å². The Morgan fingerprint density at radius 1 is 1.41 bits per heavy atom. The van der Waals surface area contributed by atoms with E-state index in [4.69, 9.17) is 10.8 Å². The molecule has 1 rings (SSSR count). The van der Waals surface area contributed by atoms with Gasteiger partial charge in [-0.15, -0.1) is 0 Å². The number of nitrogens with one attached hydrogen (secondary N) is 1. The van der Waals surface area contributed by atoms with Crippen LogP contribution < -0.4 is 11.1 Å². The number of carboxylic acids is 1. The van der Waals surface area contributed by atoms with Gasteiger partial charge < -0.3 is 16.2 Å². The molecule has 0 aromatic rings. The Hall–Kier alpha value is -1.10. The quantitative estimate of drug-likeness (QED) is 0.667. The normalized spacial score (nSPS) is 24.6. The van der Waals surface area contributed by atoms with Crippen LogP contribution in [0.3, 0.4) is 0 Å². The fourth-order valence-electron chi connectivity index (χ4n) is 2.07. The maximum Gasteiger partial charge on any atom is 0.306 e. The van der Waals surface area contributed by atoms with Crippen LogP contribution in [0, 0.1) is 5.92 Å². The Morgan fingerprint density at radius 2 is 2.06 bits per heavy atom. The maximum atomic E-state index is 11.6. The highest BCUT2D eigenvalue weighted by molar-refractivity contribution is 5.76. The van der Waals surface area contributed by atoms with E-state index in [1.165, 1.54) is 0 Å². The summed E-state index contributed by atoms with van der Waals surface area (Å²) >= 11 is 0. The second-order valence-corrected chi connectivity index (χ2v) is 5.60. The average molecular weight is 242 g/mol. The molecular weight excluding hydrogens is 220 g/mol. The number of rotatable bonds is 5. The van der Waals surface area contributed by atoms with Crippen molar-refractivity contribution < 1.29 is 14.7 Å². The fraction of sp³-hybridized carbons (Fsp3) is 0.833. The van der Waals surface area contributed by atoms with Crippen LogP contribution in [-0.2, 0) is 9.59 Å². The van der Waals surface area contributed by atoms with E-state index in [9.17, 15) is 9.59 Å². The minimum absolute atomic E-state index is 0.0180. The fourth-order valence-corrected chi connectivity index (χ4v) is 2.07. The first-order valence-corrected chi connectivity index (χ1v) is 6.09. The summed E-state index contributed by atoms with van der Waals surface area (Å²) < 4.78 is 0. The number of hydrogen-bond donors (Lipinski definition) is 3. The smallest absolute Gasteiger partial charge is 0.306 e. The van der Waals surface area contributed by atoms with Crippen LogP contribution in [0.1, 0.15) is 46.0 Å². The molecule has 17 heavy (non-hydrogen) atoms. The van der Waals surface area contributed by atoms with Gasteiger partial charge in [0.1, 0.15) is 0 Å². The van der Waals surface area contributed by atoms with Crippen molar-refractivity contribution in [1.29, 1.82) is 0 Å². The number of aliphatic carboxylic acids is 1. The Kier molecular flexibility index (Phi) is 4.51. The Morgan fingerprint density at radius 3 is 2.53 bits per heavy atom. The second-order valence-electron chi connectivity index (χ2n) is 5.60. The van der Waals surface area contributed by atoms with Crippen LogP contribution in [0.2, 0.25) is 0 Å². The minimum atomic E-state index is -0.759. The minimum Gasteiger partial charge on any atom is -0.481 e. The molecule has 1 amide bonds. The van der Waals surface area contributed by atoms with Gasteiger partial charge in [-0.2, -0.15) is 0 Å². The molecule has 98 valence electrons. The third-order valence-electron chi connectivity index (χ3n) is 3.14. The van der Waals surface area contributed by atoms with Gasteiger partial charge in [0.2, 0.25) is 5.91 Å². The van der Waals surface area contributed by atoms with Gasteiger partial charge in [-0.3, -0.25) is 9.59 Å². The molecule has 5 nitrogen and oxygen atoms in total. The van der Waals surface area contributed by atoms with Crippen LogP contribution in [0.5, 0.6) is 0 Å². The molecule has 1 saturated carbocycles. The number of carboxylic acid groups (broad SMARTS) is 1. The molecule has 5 heteroatoms. The lowest BCUT2D eigenvalue weighted by Gasteiger charge is -2.19. The molecule has 0 saturated heterocycles. The SMILES string of the molecule is CC(C)(N)CCC(=O)N[C@H]1CC[C@@H](C(=O)O)C1. The predicted octanol–water partition coefficient (Wildman–Crippen LogP) is 0.873. The van der Waals surface area contributed by atoms with E-state index in [2.05, 4.69) is 5.32 Å². The van der Waals surface area contributed by atoms with Crippen LogP contribution >= 0.6 is 0 Å². The van der Waals surface area contributed by atoms with Gasteiger partial charge in [-0.1, -0.05) is 0 Å². The van der Waals surface area contributed by atoms with Crippen molar-refractivity contribution in [3.8, 4) is 0 Å². The topological polar surface area (TPSA) is 92.4 Å². The molecule has 0 heterocycles. The first kappa shape index (κ1) is 14.0. The van der Waals surface area contributed by atoms with Gasteiger partial charge in [0, 0.05) is 18.0 Å². The number of carbonyl (C=O) groups excluding carboxylic acids is 1. The van der Waals surface area contributed by atoms with Crippen molar-refractivity contribution in [2.75, 3.05) is 0 Å². The summed E-state index contributed by atoms with van der Waals surface area (Å²) in [6.45, 7) is 3.77. The van der Waals surface area contributed by atoms with E-state index in [0.717, 1.165) is 6.42 Å². The van der Waals surface area contributed by atoms with E-state index in [-0.39, 0.29) is 23.4 Å². The Labute approximate surface area is 102 Å². The van der Waals surface area contributed by atoms with Gasteiger partial charge >= 0.3 is 5.97 Å². The number of nitrogens with two attached hydrogens (primary N) is 1. The van der Waals surface area contributed by atoms with Gasteiger partial charge in [-0.25, -0.2) is 0 Å². The van der Waals surface area contributed by atoms with Crippen molar-refractivity contribution in [2.45, 2.75) is 57.5 Å². The largest absolute Gasteiger partial charge is 0.481 e. The zero-order valence-electron chi connectivity index (χ0n) is 10.5. The van der Waals surface area contributed by atoms with E-state index in [1.54, 1.807) is 0 Å². The zero-order valence-corrected chi connectivity index (χ0v) is 10.5. The summed E-state index contributed by atoms with van der Waals surface area (Å²) in [6, 6.07) is 0.0180. The molecule has 4 N–H and O–H groups in total. The van der Waals surface area contributed by atoms with Crippen molar-refractivity contribution in [3.05, 3.63) is 0 Å². The predicted molar refractivity (Wildman–Crippen MR) is 64.4 cm³/mol. The van der Waals surface area contributed by atoms with E-state index >= 15 is 0 Å². The summed E-state index contributed by atoms with van der Waals surface area (Å²) in [5.74, 6) is -1.09. The van der Waals surface area contributed by atoms with E-state index < -0.39 is 5.97 Å². The molecule has 2 atom stereocenters. The summed E-state index contributed by atoms with van der Waals surface area (Å²) in [6.07, 6.45) is 3.00. The summed E-state index contributed by atoms with van der Waals surface area (Å²) in [4.78, 5) is 22.4. The van der Waals surface area contributed by atoms with Gasteiger partial charge in [0.05, 0.1) is 5.92 Å².